The van der Waals surface area contributed by atoms with Crippen molar-refractivity contribution < 1.29 is 14.3 Å². The summed E-state index contributed by atoms with van der Waals surface area (Å²) >= 11 is 12.6. The number of amides is 1. The van der Waals surface area contributed by atoms with Crippen LogP contribution in [-0.4, -0.2) is 24.5 Å². The third kappa shape index (κ3) is 2.99. The Labute approximate surface area is 174 Å². The minimum absolute atomic E-state index is 0.0275. The summed E-state index contributed by atoms with van der Waals surface area (Å²) in [5.41, 5.74) is 3.69. The van der Waals surface area contributed by atoms with Crippen molar-refractivity contribution in [3.8, 4) is 0 Å². The molecule has 2 aliphatic heterocycles. The second kappa shape index (κ2) is 7.41. The molecule has 0 aliphatic carbocycles. The summed E-state index contributed by atoms with van der Waals surface area (Å²) in [6.45, 7) is 3.98. The van der Waals surface area contributed by atoms with Gasteiger partial charge < -0.3 is 9.64 Å². The normalized spacial score (nSPS) is 23.4. The number of halogens is 2. The van der Waals surface area contributed by atoms with E-state index in [-0.39, 0.29) is 18.6 Å². The molecule has 1 amide bonds. The van der Waals surface area contributed by atoms with Gasteiger partial charge in [0.1, 0.15) is 5.92 Å². The van der Waals surface area contributed by atoms with Crippen LogP contribution in [0.1, 0.15) is 42.9 Å². The summed E-state index contributed by atoms with van der Waals surface area (Å²) in [7, 11) is 0. The van der Waals surface area contributed by atoms with Crippen molar-refractivity contribution in [3.63, 3.8) is 0 Å². The van der Waals surface area contributed by atoms with Crippen molar-refractivity contribution >= 4 is 40.8 Å². The van der Waals surface area contributed by atoms with Crippen molar-refractivity contribution in [1.29, 1.82) is 0 Å². The molecule has 2 heterocycles. The maximum absolute atomic E-state index is 13.6. The topological polar surface area (TPSA) is 46.6 Å². The van der Waals surface area contributed by atoms with Crippen LogP contribution in [0.3, 0.4) is 0 Å². The number of benzene rings is 2. The van der Waals surface area contributed by atoms with Crippen molar-refractivity contribution in [2.45, 2.75) is 38.6 Å². The molecule has 0 saturated carbocycles. The van der Waals surface area contributed by atoms with Gasteiger partial charge in [-0.05, 0) is 55.5 Å². The van der Waals surface area contributed by atoms with Crippen LogP contribution in [0, 0.1) is 5.92 Å². The lowest BCUT2D eigenvalue weighted by molar-refractivity contribution is -0.152. The minimum atomic E-state index is -0.970. The van der Waals surface area contributed by atoms with Crippen molar-refractivity contribution in [2.75, 3.05) is 11.5 Å². The smallest absolute Gasteiger partial charge is 0.319 e. The van der Waals surface area contributed by atoms with Crippen LogP contribution in [0.4, 0.5) is 5.69 Å². The van der Waals surface area contributed by atoms with Gasteiger partial charge in [-0.25, -0.2) is 0 Å². The largest absolute Gasteiger partial charge is 0.465 e. The Hall–Kier alpha value is -2.04. The highest BCUT2D eigenvalue weighted by atomic mass is 35.5. The second-order valence-corrected chi connectivity index (χ2v) is 8.17. The Kier molecular flexibility index (Phi) is 5.11. The molecule has 0 aromatic heterocycles. The number of hydrogen-bond donors (Lipinski definition) is 0. The molecule has 0 fully saturated rings. The number of rotatable bonds is 3. The van der Waals surface area contributed by atoms with Gasteiger partial charge in [0.15, 0.2) is 0 Å². The monoisotopic (exact) mass is 417 g/mol. The zero-order valence-electron chi connectivity index (χ0n) is 15.7. The summed E-state index contributed by atoms with van der Waals surface area (Å²) in [5.74, 6) is -2.21. The van der Waals surface area contributed by atoms with Gasteiger partial charge >= 0.3 is 5.97 Å². The van der Waals surface area contributed by atoms with Crippen molar-refractivity contribution in [1.82, 2.24) is 0 Å². The highest BCUT2D eigenvalue weighted by Crippen LogP contribution is 2.49. The molecule has 4 rings (SSSR count). The first-order valence-electron chi connectivity index (χ1n) is 9.50. The van der Waals surface area contributed by atoms with Crippen LogP contribution in [0.25, 0.3) is 0 Å². The molecule has 0 spiro atoms. The van der Waals surface area contributed by atoms with E-state index >= 15 is 0 Å². The third-order valence-corrected chi connectivity index (χ3v) is 6.24. The SMILES string of the molecule is CCOC(=O)C1C(=O)N2c3c(cccc3C1c1ccc(Cl)cc1Cl)CCC2C. The van der Waals surface area contributed by atoms with Crippen LogP contribution < -0.4 is 4.90 Å². The molecule has 4 nitrogen and oxygen atoms in total. The van der Waals surface area contributed by atoms with E-state index in [2.05, 4.69) is 6.07 Å². The summed E-state index contributed by atoms with van der Waals surface area (Å²) in [6, 6.07) is 11.2. The molecule has 146 valence electrons. The van der Waals surface area contributed by atoms with Crippen LogP contribution in [0.2, 0.25) is 10.0 Å². The van der Waals surface area contributed by atoms with Crippen LogP contribution in [-0.2, 0) is 20.7 Å². The Morgan fingerprint density at radius 2 is 2.00 bits per heavy atom. The van der Waals surface area contributed by atoms with Gasteiger partial charge in [-0.15, -0.1) is 0 Å². The van der Waals surface area contributed by atoms with Gasteiger partial charge in [0.25, 0.3) is 0 Å². The van der Waals surface area contributed by atoms with Crippen LogP contribution >= 0.6 is 23.2 Å². The van der Waals surface area contributed by atoms with E-state index in [1.54, 1.807) is 30.0 Å². The number of nitrogens with zero attached hydrogens (tertiary/aromatic N) is 1. The number of hydrogen-bond acceptors (Lipinski definition) is 3. The Balaban J connectivity index is 1.97. The van der Waals surface area contributed by atoms with E-state index in [0.717, 1.165) is 29.7 Å². The predicted octanol–water partition coefficient (Wildman–Crippen LogP) is 4.99. The fourth-order valence-electron chi connectivity index (χ4n) is 4.44. The zero-order valence-corrected chi connectivity index (χ0v) is 17.3. The number of ether oxygens (including phenoxy) is 1. The summed E-state index contributed by atoms with van der Waals surface area (Å²) in [6.07, 6.45) is 1.77. The summed E-state index contributed by atoms with van der Waals surface area (Å²) in [5, 5.41) is 0.948. The maximum Gasteiger partial charge on any atom is 0.319 e. The Morgan fingerprint density at radius 1 is 1.21 bits per heavy atom. The Bertz CT molecular complexity index is 959. The third-order valence-electron chi connectivity index (χ3n) is 5.67. The first-order chi connectivity index (χ1) is 13.4. The second-order valence-electron chi connectivity index (χ2n) is 7.32. The quantitative estimate of drug-likeness (QED) is 0.522. The lowest BCUT2D eigenvalue weighted by Gasteiger charge is -2.45. The molecule has 3 unspecified atom stereocenters. The van der Waals surface area contributed by atoms with Gasteiger partial charge in [-0.2, -0.15) is 0 Å². The van der Waals surface area contributed by atoms with Gasteiger partial charge in [0.05, 0.1) is 12.3 Å². The molecule has 28 heavy (non-hydrogen) atoms. The molecular formula is C22H21Cl2NO3. The molecular weight excluding hydrogens is 397 g/mol. The number of carbonyl (C=O) groups is 2. The zero-order chi connectivity index (χ0) is 20.0. The molecule has 3 atom stereocenters. The molecule has 0 bridgehead atoms. The first-order valence-corrected chi connectivity index (χ1v) is 10.3. The highest BCUT2D eigenvalue weighted by Gasteiger charge is 2.49. The molecule has 6 heteroatoms. The first kappa shape index (κ1) is 19.3. The molecule has 0 radical (unpaired) electrons. The van der Waals surface area contributed by atoms with Gasteiger partial charge in [0, 0.05) is 22.0 Å². The van der Waals surface area contributed by atoms with Gasteiger partial charge in [0.2, 0.25) is 5.91 Å². The van der Waals surface area contributed by atoms with Crippen LogP contribution in [0.15, 0.2) is 36.4 Å². The molecule has 2 aliphatic rings. The van der Waals surface area contributed by atoms with Gasteiger partial charge in [-0.1, -0.05) is 47.5 Å². The van der Waals surface area contributed by atoms with E-state index < -0.39 is 17.8 Å². The highest BCUT2D eigenvalue weighted by molar-refractivity contribution is 6.35. The van der Waals surface area contributed by atoms with Crippen molar-refractivity contribution in [3.05, 3.63) is 63.1 Å². The number of anilines is 1. The van der Waals surface area contributed by atoms with Crippen LogP contribution in [0.5, 0.6) is 0 Å². The lowest BCUT2D eigenvalue weighted by atomic mass is 9.73. The van der Waals surface area contributed by atoms with Gasteiger partial charge in [-0.3, -0.25) is 9.59 Å². The molecule has 0 N–H and O–H groups in total. The average molecular weight is 418 g/mol. The number of para-hydroxylation sites is 1. The van der Waals surface area contributed by atoms with Crippen molar-refractivity contribution in [2.24, 2.45) is 5.92 Å². The Morgan fingerprint density at radius 3 is 2.71 bits per heavy atom. The van der Waals surface area contributed by atoms with E-state index in [1.807, 2.05) is 19.1 Å². The molecule has 2 aromatic carbocycles. The predicted molar refractivity (Wildman–Crippen MR) is 110 cm³/mol. The van der Waals surface area contributed by atoms with E-state index in [1.165, 1.54) is 0 Å². The summed E-state index contributed by atoms with van der Waals surface area (Å²) < 4.78 is 5.30. The maximum atomic E-state index is 13.6. The van der Waals surface area contributed by atoms with E-state index in [4.69, 9.17) is 27.9 Å². The number of carbonyl (C=O) groups excluding carboxylic acids is 2. The average Bonchev–Trinajstić information content (AvgIpc) is 2.66. The lowest BCUT2D eigenvalue weighted by Crippen LogP contribution is -2.52. The summed E-state index contributed by atoms with van der Waals surface area (Å²) in [4.78, 5) is 28.3. The molecule has 0 saturated heterocycles. The fourth-order valence-corrected chi connectivity index (χ4v) is 4.97. The number of aryl methyl sites for hydroxylation is 1. The standard InChI is InChI=1S/C22H21Cl2NO3/c1-3-28-22(27)19-18(15-10-9-14(23)11-17(15)24)16-6-4-5-13-8-7-12(2)25(20(13)16)21(19)26/h4-6,9-12,18-19H,3,7-8H2,1-2H3. The fraction of sp³-hybridized carbons (Fsp3) is 0.364. The van der Waals surface area contributed by atoms with E-state index in [0.29, 0.717) is 15.6 Å². The molecule has 2 aromatic rings. The van der Waals surface area contributed by atoms with E-state index in [9.17, 15) is 9.59 Å². The minimum Gasteiger partial charge on any atom is -0.465 e. The number of esters is 1.